The first kappa shape index (κ1) is 19.5. The molecule has 0 aliphatic carbocycles. The molecule has 0 unspecified atom stereocenters. The molecule has 0 saturated heterocycles. The van der Waals surface area contributed by atoms with Crippen LogP contribution in [0.2, 0.25) is 0 Å². The number of hydrogen-bond acceptors (Lipinski definition) is 5. The predicted octanol–water partition coefficient (Wildman–Crippen LogP) is 4.50. The molecule has 26 heavy (non-hydrogen) atoms. The highest BCUT2D eigenvalue weighted by atomic mass is 16.5. The summed E-state index contributed by atoms with van der Waals surface area (Å²) in [6, 6.07) is 12.3. The summed E-state index contributed by atoms with van der Waals surface area (Å²) >= 11 is 0. The van der Waals surface area contributed by atoms with Gasteiger partial charge in [-0.3, -0.25) is 0 Å². The summed E-state index contributed by atoms with van der Waals surface area (Å²) in [4.78, 5) is 24.2. The monoisotopic (exact) mass is 356 g/mol. The molecular weight excluding hydrogens is 332 g/mol. The number of ether oxygens (including phenoxy) is 3. The van der Waals surface area contributed by atoms with Crippen molar-refractivity contribution in [1.82, 2.24) is 0 Å². The van der Waals surface area contributed by atoms with Gasteiger partial charge in [0.2, 0.25) is 0 Å². The molecule has 0 bridgehead atoms. The Labute approximate surface area is 153 Å². The zero-order chi connectivity index (χ0) is 18.9. The molecule has 0 aliphatic rings. The van der Waals surface area contributed by atoms with E-state index in [4.69, 9.17) is 14.2 Å². The number of carbonyl (C=O) groups is 2. The molecular formula is C21H24O5. The zero-order valence-electron chi connectivity index (χ0n) is 15.4. The normalized spacial score (nSPS) is 10.3. The van der Waals surface area contributed by atoms with E-state index in [2.05, 4.69) is 6.92 Å². The zero-order valence-corrected chi connectivity index (χ0v) is 15.4. The van der Waals surface area contributed by atoms with E-state index in [0.717, 1.165) is 19.3 Å². The van der Waals surface area contributed by atoms with Gasteiger partial charge in [0.15, 0.2) is 0 Å². The summed E-state index contributed by atoms with van der Waals surface area (Å²) < 4.78 is 15.6. The summed E-state index contributed by atoms with van der Waals surface area (Å²) in [5, 5.41) is 0. The van der Waals surface area contributed by atoms with Crippen molar-refractivity contribution in [2.45, 2.75) is 26.2 Å². The van der Waals surface area contributed by atoms with Crippen molar-refractivity contribution < 1.29 is 23.8 Å². The third-order valence-corrected chi connectivity index (χ3v) is 4.02. The van der Waals surface area contributed by atoms with Crippen LogP contribution in [0, 0.1) is 0 Å². The number of esters is 2. The van der Waals surface area contributed by atoms with Crippen LogP contribution in [0.5, 0.6) is 5.75 Å². The summed E-state index contributed by atoms with van der Waals surface area (Å²) in [5.74, 6) is -0.429. The van der Waals surface area contributed by atoms with Crippen molar-refractivity contribution >= 4 is 11.9 Å². The Kier molecular flexibility index (Phi) is 7.21. The fourth-order valence-corrected chi connectivity index (χ4v) is 2.67. The highest BCUT2D eigenvalue weighted by Gasteiger charge is 2.20. The van der Waals surface area contributed by atoms with Gasteiger partial charge in [-0.15, -0.1) is 0 Å². The highest BCUT2D eigenvalue weighted by Crippen LogP contribution is 2.32. The lowest BCUT2D eigenvalue weighted by molar-refractivity contribution is 0.0590. The van der Waals surface area contributed by atoms with E-state index in [1.165, 1.54) is 14.2 Å². The molecule has 5 nitrogen and oxygen atoms in total. The van der Waals surface area contributed by atoms with Gasteiger partial charge in [0.1, 0.15) is 11.3 Å². The number of benzene rings is 2. The van der Waals surface area contributed by atoms with Crippen molar-refractivity contribution in [2.75, 3.05) is 20.8 Å². The van der Waals surface area contributed by atoms with E-state index in [1.54, 1.807) is 24.3 Å². The van der Waals surface area contributed by atoms with E-state index in [9.17, 15) is 9.59 Å². The van der Waals surface area contributed by atoms with Gasteiger partial charge in [-0.05, 0) is 35.7 Å². The lowest BCUT2D eigenvalue weighted by Gasteiger charge is -2.15. The molecule has 2 rings (SSSR count). The van der Waals surface area contributed by atoms with E-state index >= 15 is 0 Å². The molecule has 0 saturated carbocycles. The summed E-state index contributed by atoms with van der Waals surface area (Å²) in [5.41, 5.74) is 2.13. The van der Waals surface area contributed by atoms with E-state index in [1.807, 2.05) is 18.2 Å². The minimum absolute atomic E-state index is 0.355. The van der Waals surface area contributed by atoms with Gasteiger partial charge in [-0.1, -0.05) is 44.0 Å². The average molecular weight is 356 g/mol. The van der Waals surface area contributed by atoms with Gasteiger partial charge < -0.3 is 14.2 Å². The number of rotatable bonds is 8. The second-order valence-corrected chi connectivity index (χ2v) is 5.80. The van der Waals surface area contributed by atoms with Crippen LogP contribution < -0.4 is 4.74 Å². The van der Waals surface area contributed by atoms with Crippen LogP contribution in [0.1, 0.15) is 46.9 Å². The molecule has 2 aromatic carbocycles. The Bertz CT molecular complexity index is 767. The van der Waals surface area contributed by atoms with Gasteiger partial charge in [-0.2, -0.15) is 0 Å². The Hall–Kier alpha value is -2.82. The first-order valence-electron chi connectivity index (χ1n) is 8.65. The van der Waals surface area contributed by atoms with Gasteiger partial charge in [0, 0.05) is 0 Å². The standard InChI is InChI=1S/C21H24O5/c1-4-5-6-13-26-18-12-8-11-17(19(18)21(23)25-3)15-9-7-10-16(14-15)20(22)24-2/h7-12,14H,4-6,13H2,1-3H3. The van der Waals surface area contributed by atoms with Crippen LogP contribution in [0.25, 0.3) is 11.1 Å². The molecule has 138 valence electrons. The topological polar surface area (TPSA) is 61.8 Å². The Balaban J connectivity index is 2.44. The van der Waals surface area contributed by atoms with Gasteiger partial charge in [0.05, 0.1) is 26.4 Å². The lowest BCUT2D eigenvalue weighted by atomic mass is 9.97. The van der Waals surface area contributed by atoms with Gasteiger partial charge in [-0.25, -0.2) is 9.59 Å². The third kappa shape index (κ3) is 4.63. The molecule has 2 aromatic rings. The Morgan fingerprint density at radius 3 is 2.35 bits per heavy atom. The van der Waals surface area contributed by atoms with Crippen molar-refractivity contribution in [1.29, 1.82) is 0 Å². The number of carbonyl (C=O) groups excluding carboxylic acids is 2. The van der Waals surface area contributed by atoms with E-state index in [0.29, 0.717) is 34.6 Å². The van der Waals surface area contributed by atoms with Crippen molar-refractivity contribution in [3.63, 3.8) is 0 Å². The first-order chi connectivity index (χ1) is 12.6. The molecule has 0 N–H and O–H groups in total. The van der Waals surface area contributed by atoms with Crippen LogP contribution in [0.4, 0.5) is 0 Å². The van der Waals surface area contributed by atoms with Crippen molar-refractivity contribution in [3.05, 3.63) is 53.6 Å². The maximum Gasteiger partial charge on any atom is 0.342 e. The van der Waals surface area contributed by atoms with E-state index < -0.39 is 11.9 Å². The number of hydrogen-bond donors (Lipinski definition) is 0. The molecule has 0 fully saturated rings. The fourth-order valence-electron chi connectivity index (χ4n) is 2.67. The van der Waals surface area contributed by atoms with Crippen molar-refractivity contribution in [3.8, 4) is 16.9 Å². The van der Waals surface area contributed by atoms with Crippen LogP contribution in [-0.2, 0) is 9.47 Å². The summed E-state index contributed by atoms with van der Waals surface area (Å²) in [7, 11) is 2.67. The second-order valence-electron chi connectivity index (χ2n) is 5.80. The van der Waals surface area contributed by atoms with Crippen LogP contribution in [0.3, 0.4) is 0 Å². The maximum atomic E-state index is 12.4. The number of unbranched alkanes of at least 4 members (excludes halogenated alkanes) is 2. The largest absolute Gasteiger partial charge is 0.493 e. The van der Waals surface area contributed by atoms with Crippen LogP contribution in [-0.4, -0.2) is 32.8 Å². The predicted molar refractivity (Wildman–Crippen MR) is 99.6 cm³/mol. The smallest absolute Gasteiger partial charge is 0.342 e. The molecule has 0 aliphatic heterocycles. The first-order valence-corrected chi connectivity index (χ1v) is 8.65. The maximum absolute atomic E-state index is 12.4. The molecule has 0 heterocycles. The molecule has 0 atom stereocenters. The third-order valence-electron chi connectivity index (χ3n) is 4.02. The van der Waals surface area contributed by atoms with Gasteiger partial charge in [0.25, 0.3) is 0 Å². The summed E-state index contributed by atoms with van der Waals surface area (Å²) in [6.45, 7) is 2.65. The van der Waals surface area contributed by atoms with Crippen LogP contribution >= 0.6 is 0 Å². The molecule has 0 spiro atoms. The average Bonchev–Trinajstić information content (AvgIpc) is 2.69. The lowest BCUT2D eigenvalue weighted by Crippen LogP contribution is -2.09. The highest BCUT2D eigenvalue weighted by molar-refractivity contribution is 6.01. The molecule has 0 radical (unpaired) electrons. The van der Waals surface area contributed by atoms with Crippen LogP contribution in [0.15, 0.2) is 42.5 Å². The minimum Gasteiger partial charge on any atom is -0.493 e. The van der Waals surface area contributed by atoms with Gasteiger partial charge >= 0.3 is 11.9 Å². The Morgan fingerprint density at radius 2 is 1.65 bits per heavy atom. The van der Waals surface area contributed by atoms with E-state index in [-0.39, 0.29) is 0 Å². The molecule has 5 heteroatoms. The Morgan fingerprint density at radius 1 is 0.923 bits per heavy atom. The summed E-state index contributed by atoms with van der Waals surface area (Å²) in [6.07, 6.45) is 3.07. The minimum atomic E-state index is -0.477. The van der Waals surface area contributed by atoms with Crippen molar-refractivity contribution in [2.24, 2.45) is 0 Å². The second kappa shape index (κ2) is 9.61. The SMILES string of the molecule is CCCCCOc1cccc(-c2cccc(C(=O)OC)c2)c1C(=O)OC. The number of methoxy groups -OCH3 is 2. The fraction of sp³-hybridized carbons (Fsp3) is 0.333. The molecule has 0 amide bonds. The molecule has 0 aromatic heterocycles. The quantitative estimate of drug-likeness (QED) is 0.515.